The number of pyridine rings is 1. The summed E-state index contributed by atoms with van der Waals surface area (Å²) in [5.74, 6) is 0.324. The first-order valence-corrected chi connectivity index (χ1v) is 6.06. The SMILES string of the molecule is O=C(Nc1nncs1)c1ccc(NCCO)nc1. The summed E-state index contributed by atoms with van der Waals surface area (Å²) in [5.41, 5.74) is 1.97. The summed E-state index contributed by atoms with van der Waals surface area (Å²) < 4.78 is 0. The molecule has 7 nitrogen and oxygen atoms in total. The van der Waals surface area contributed by atoms with Crippen molar-refractivity contribution >= 4 is 28.2 Å². The molecule has 18 heavy (non-hydrogen) atoms. The lowest BCUT2D eigenvalue weighted by atomic mass is 10.2. The van der Waals surface area contributed by atoms with Crippen LogP contribution in [0.1, 0.15) is 10.4 Å². The van der Waals surface area contributed by atoms with Crippen molar-refractivity contribution in [1.29, 1.82) is 0 Å². The molecule has 3 N–H and O–H groups in total. The van der Waals surface area contributed by atoms with E-state index in [-0.39, 0.29) is 12.5 Å². The lowest BCUT2D eigenvalue weighted by molar-refractivity contribution is 0.102. The van der Waals surface area contributed by atoms with Crippen molar-refractivity contribution in [1.82, 2.24) is 15.2 Å². The highest BCUT2D eigenvalue weighted by atomic mass is 32.1. The second-order valence-electron chi connectivity index (χ2n) is 3.28. The Morgan fingerprint density at radius 3 is 2.94 bits per heavy atom. The Hall–Kier alpha value is -2.06. The largest absolute Gasteiger partial charge is 0.395 e. The minimum absolute atomic E-state index is 0.0287. The van der Waals surface area contributed by atoms with Gasteiger partial charge in [-0.2, -0.15) is 0 Å². The normalized spacial score (nSPS) is 10.1. The molecule has 0 unspecified atom stereocenters. The zero-order chi connectivity index (χ0) is 12.8. The molecule has 0 aromatic carbocycles. The molecule has 2 aromatic heterocycles. The van der Waals surface area contributed by atoms with Crippen molar-refractivity contribution in [2.24, 2.45) is 0 Å². The molecule has 0 aliphatic rings. The monoisotopic (exact) mass is 265 g/mol. The first kappa shape index (κ1) is 12.4. The highest BCUT2D eigenvalue weighted by Crippen LogP contribution is 2.11. The van der Waals surface area contributed by atoms with Gasteiger partial charge >= 0.3 is 0 Å². The molecular formula is C10H11N5O2S. The minimum atomic E-state index is -0.284. The van der Waals surface area contributed by atoms with Gasteiger partial charge in [-0.15, -0.1) is 10.2 Å². The van der Waals surface area contributed by atoms with E-state index in [1.54, 1.807) is 12.1 Å². The fourth-order valence-corrected chi connectivity index (χ4v) is 1.65. The van der Waals surface area contributed by atoms with E-state index in [4.69, 9.17) is 5.11 Å². The summed E-state index contributed by atoms with van der Waals surface area (Å²) in [6.07, 6.45) is 1.45. The van der Waals surface area contributed by atoms with Crippen LogP contribution >= 0.6 is 11.3 Å². The van der Waals surface area contributed by atoms with Gasteiger partial charge in [-0.3, -0.25) is 10.1 Å². The fourth-order valence-electron chi connectivity index (χ4n) is 1.21. The molecule has 0 radical (unpaired) electrons. The molecule has 0 aliphatic carbocycles. The molecule has 0 saturated carbocycles. The zero-order valence-electron chi connectivity index (χ0n) is 9.33. The number of aliphatic hydroxyl groups excluding tert-OH is 1. The quantitative estimate of drug-likeness (QED) is 0.731. The number of aromatic nitrogens is 3. The Balaban J connectivity index is 1.98. The lowest BCUT2D eigenvalue weighted by Gasteiger charge is -2.04. The summed E-state index contributed by atoms with van der Waals surface area (Å²) in [5, 5.41) is 21.9. The summed E-state index contributed by atoms with van der Waals surface area (Å²) in [6, 6.07) is 3.31. The van der Waals surface area contributed by atoms with E-state index in [1.807, 2.05) is 0 Å². The molecule has 8 heteroatoms. The molecule has 0 bridgehead atoms. The van der Waals surface area contributed by atoms with Gasteiger partial charge in [0.1, 0.15) is 11.3 Å². The third kappa shape index (κ3) is 3.22. The molecule has 0 aliphatic heterocycles. The van der Waals surface area contributed by atoms with E-state index in [0.717, 1.165) is 0 Å². The van der Waals surface area contributed by atoms with Gasteiger partial charge in [-0.05, 0) is 12.1 Å². The Morgan fingerprint density at radius 2 is 2.33 bits per heavy atom. The topological polar surface area (TPSA) is 100 Å². The van der Waals surface area contributed by atoms with E-state index in [1.165, 1.54) is 23.0 Å². The Morgan fingerprint density at radius 1 is 1.44 bits per heavy atom. The van der Waals surface area contributed by atoms with Crippen LogP contribution in [-0.2, 0) is 0 Å². The maximum Gasteiger partial charge on any atom is 0.259 e. The highest BCUT2D eigenvalue weighted by Gasteiger charge is 2.08. The van der Waals surface area contributed by atoms with Crippen LogP contribution < -0.4 is 10.6 Å². The van der Waals surface area contributed by atoms with Gasteiger partial charge in [-0.1, -0.05) is 11.3 Å². The number of nitrogens with zero attached hydrogens (tertiary/aromatic N) is 3. The van der Waals surface area contributed by atoms with Crippen LogP contribution in [-0.4, -0.2) is 39.3 Å². The lowest BCUT2D eigenvalue weighted by Crippen LogP contribution is -2.13. The zero-order valence-corrected chi connectivity index (χ0v) is 10.1. The van der Waals surface area contributed by atoms with Crippen LogP contribution in [0.5, 0.6) is 0 Å². The average Bonchev–Trinajstić information content (AvgIpc) is 2.89. The molecule has 2 aromatic rings. The maximum absolute atomic E-state index is 11.8. The van der Waals surface area contributed by atoms with Crippen molar-refractivity contribution in [3.63, 3.8) is 0 Å². The second kappa shape index (κ2) is 6.03. The van der Waals surface area contributed by atoms with E-state index >= 15 is 0 Å². The summed E-state index contributed by atoms with van der Waals surface area (Å²) in [6.45, 7) is 0.449. The summed E-state index contributed by atoms with van der Waals surface area (Å²) in [4.78, 5) is 15.8. The van der Waals surface area contributed by atoms with Gasteiger partial charge in [0.25, 0.3) is 5.91 Å². The molecule has 94 valence electrons. The van der Waals surface area contributed by atoms with Crippen LogP contribution in [0.3, 0.4) is 0 Å². The smallest absolute Gasteiger partial charge is 0.259 e. The van der Waals surface area contributed by atoms with Crippen molar-refractivity contribution in [3.8, 4) is 0 Å². The fraction of sp³-hybridized carbons (Fsp3) is 0.200. The number of carbonyl (C=O) groups is 1. The number of aliphatic hydroxyl groups is 1. The predicted molar refractivity (Wildman–Crippen MR) is 67.7 cm³/mol. The van der Waals surface area contributed by atoms with Gasteiger partial charge in [0.15, 0.2) is 0 Å². The number of carbonyl (C=O) groups excluding carboxylic acids is 1. The number of anilines is 2. The summed E-state index contributed by atoms with van der Waals surface area (Å²) in [7, 11) is 0. The first-order chi connectivity index (χ1) is 8.79. The maximum atomic E-state index is 11.8. The predicted octanol–water partition coefficient (Wildman–Crippen LogP) is 0.590. The number of nitrogens with one attached hydrogen (secondary N) is 2. The highest BCUT2D eigenvalue weighted by molar-refractivity contribution is 7.13. The molecule has 0 spiro atoms. The Kier molecular flexibility index (Phi) is 4.15. The minimum Gasteiger partial charge on any atom is -0.395 e. The number of amides is 1. The van der Waals surface area contributed by atoms with E-state index in [0.29, 0.717) is 23.1 Å². The van der Waals surface area contributed by atoms with Gasteiger partial charge < -0.3 is 10.4 Å². The van der Waals surface area contributed by atoms with Crippen molar-refractivity contribution in [3.05, 3.63) is 29.4 Å². The molecule has 0 saturated heterocycles. The molecular weight excluding hydrogens is 254 g/mol. The van der Waals surface area contributed by atoms with Crippen molar-refractivity contribution in [2.45, 2.75) is 0 Å². The van der Waals surface area contributed by atoms with E-state index in [2.05, 4.69) is 25.8 Å². The standard InChI is InChI=1S/C10H11N5O2S/c16-4-3-11-8-2-1-7(5-12-8)9(17)14-10-15-13-6-18-10/h1-2,5-6,16H,3-4H2,(H,11,12)(H,14,15,17). The van der Waals surface area contributed by atoms with Gasteiger partial charge in [0.2, 0.25) is 5.13 Å². The van der Waals surface area contributed by atoms with Crippen molar-refractivity contribution in [2.75, 3.05) is 23.8 Å². The molecule has 0 atom stereocenters. The van der Waals surface area contributed by atoms with Crippen LogP contribution in [0.4, 0.5) is 10.9 Å². The molecule has 2 rings (SSSR count). The first-order valence-electron chi connectivity index (χ1n) is 5.18. The van der Waals surface area contributed by atoms with Crippen LogP contribution in [0, 0.1) is 0 Å². The number of hydrogen-bond donors (Lipinski definition) is 3. The average molecular weight is 265 g/mol. The molecule has 2 heterocycles. The van der Waals surface area contributed by atoms with Crippen LogP contribution in [0.15, 0.2) is 23.8 Å². The second-order valence-corrected chi connectivity index (χ2v) is 4.11. The van der Waals surface area contributed by atoms with Crippen molar-refractivity contribution < 1.29 is 9.90 Å². The third-order valence-corrected chi connectivity index (χ3v) is 2.63. The van der Waals surface area contributed by atoms with E-state index in [9.17, 15) is 4.79 Å². The molecule has 1 amide bonds. The van der Waals surface area contributed by atoms with Gasteiger partial charge in [0.05, 0.1) is 12.2 Å². The molecule has 0 fully saturated rings. The number of rotatable bonds is 5. The summed E-state index contributed by atoms with van der Waals surface area (Å²) >= 11 is 1.25. The Bertz CT molecular complexity index is 499. The number of hydrogen-bond acceptors (Lipinski definition) is 7. The third-order valence-electron chi connectivity index (χ3n) is 2.02. The Labute approximate surface area is 107 Å². The van der Waals surface area contributed by atoms with Crippen LogP contribution in [0.2, 0.25) is 0 Å². The van der Waals surface area contributed by atoms with Crippen LogP contribution in [0.25, 0.3) is 0 Å². The van der Waals surface area contributed by atoms with Gasteiger partial charge in [0, 0.05) is 12.7 Å². The van der Waals surface area contributed by atoms with Gasteiger partial charge in [-0.25, -0.2) is 4.98 Å². The van der Waals surface area contributed by atoms with E-state index < -0.39 is 0 Å².